The molecule has 2 rings (SSSR count). The average molecular weight is 363 g/mol. The molecular formula is C22H34O2S. The molecule has 0 amide bonds. The maximum absolute atomic E-state index is 14.1. The van der Waals surface area contributed by atoms with E-state index in [2.05, 4.69) is 39.8 Å². The van der Waals surface area contributed by atoms with Crippen LogP contribution in [0.25, 0.3) is 0 Å². The molecule has 0 radical (unpaired) electrons. The fraction of sp³-hybridized carbons (Fsp3) is 0.636. The minimum absolute atomic E-state index is 0.635. The van der Waals surface area contributed by atoms with E-state index >= 15 is 0 Å². The van der Waals surface area contributed by atoms with E-state index in [9.17, 15) is 8.42 Å². The summed E-state index contributed by atoms with van der Waals surface area (Å²) in [4.78, 5) is 0. The minimum atomic E-state index is -3.37. The maximum Gasteiger partial charge on any atom is 0.169 e. The quantitative estimate of drug-likeness (QED) is 0.525. The monoisotopic (exact) mass is 362 g/mol. The van der Waals surface area contributed by atoms with Crippen LogP contribution in [-0.2, 0) is 9.84 Å². The number of allylic oxidation sites excluding steroid dienone is 6. The van der Waals surface area contributed by atoms with Crippen molar-refractivity contribution in [1.82, 2.24) is 0 Å². The molecule has 2 nitrogen and oxygen atoms in total. The van der Waals surface area contributed by atoms with E-state index in [-0.39, 0.29) is 0 Å². The third-order valence-electron chi connectivity index (χ3n) is 5.69. The molecule has 0 N–H and O–H groups in total. The van der Waals surface area contributed by atoms with Crippen molar-refractivity contribution in [2.45, 2.75) is 88.6 Å². The molecule has 25 heavy (non-hydrogen) atoms. The molecule has 0 heterocycles. The van der Waals surface area contributed by atoms with Gasteiger partial charge in [0.25, 0.3) is 0 Å². The molecule has 140 valence electrons. The Morgan fingerprint density at radius 2 is 1.24 bits per heavy atom. The predicted molar refractivity (Wildman–Crippen MR) is 108 cm³/mol. The van der Waals surface area contributed by atoms with Crippen molar-refractivity contribution in [3.8, 4) is 0 Å². The standard InChI is InChI=1S/C22H34O2S/c1-5-7-13-21(15-9-11-19(3)17-21)25(23,24)22(14-8-6-2)16-10-12-20(4)18-22/h9-12,15-16H,5-8,13-14,17-18H2,1-4H3. The Labute approximate surface area is 154 Å². The Bertz CT molecular complexity index is 640. The van der Waals surface area contributed by atoms with Gasteiger partial charge in [-0.1, -0.05) is 87.1 Å². The second-order valence-electron chi connectivity index (χ2n) is 7.94. The van der Waals surface area contributed by atoms with Gasteiger partial charge in [-0.25, -0.2) is 8.42 Å². The van der Waals surface area contributed by atoms with Gasteiger partial charge in [-0.15, -0.1) is 0 Å². The molecule has 2 unspecified atom stereocenters. The van der Waals surface area contributed by atoms with Gasteiger partial charge in [0.05, 0.1) is 9.49 Å². The first kappa shape index (κ1) is 20.2. The highest BCUT2D eigenvalue weighted by atomic mass is 32.2. The van der Waals surface area contributed by atoms with Gasteiger partial charge in [0.2, 0.25) is 0 Å². The van der Waals surface area contributed by atoms with E-state index in [0.717, 1.165) is 38.5 Å². The molecule has 0 aromatic carbocycles. The molecular weight excluding hydrogens is 328 g/mol. The molecule has 2 atom stereocenters. The number of rotatable bonds is 8. The van der Waals surface area contributed by atoms with Gasteiger partial charge in [0, 0.05) is 0 Å². The van der Waals surface area contributed by atoms with Crippen LogP contribution in [-0.4, -0.2) is 17.9 Å². The van der Waals surface area contributed by atoms with Crippen LogP contribution < -0.4 is 0 Å². The lowest BCUT2D eigenvalue weighted by molar-refractivity contribution is 0.463. The molecule has 0 spiro atoms. The Balaban J connectivity index is 2.53. The van der Waals surface area contributed by atoms with E-state index in [1.165, 1.54) is 11.1 Å². The second-order valence-corrected chi connectivity index (χ2v) is 10.6. The predicted octanol–water partition coefficient (Wildman–Crippen LogP) is 6.07. The lowest BCUT2D eigenvalue weighted by atomic mass is 9.88. The fourth-order valence-corrected chi connectivity index (χ4v) is 7.28. The molecule has 0 bridgehead atoms. The van der Waals surface area contributed by atoms with Gasteiger partial charge in [0.1, 0.15) is 0 Å². The molecule has 2 aliphatic rings. The molecule has 2 aliphatic carbocycles. The van der Waals surface area contributed by atoms with Crippen LogP contribution in [0.5, 0.6) is 0 Å². The third kappa shape index (κ3) is 3.86. The van der Waals surface area contributed by atoms with Crippen LogP contribution in [0.3, 0.4) is 0 Å². The van der Waals surface area contributed by atoms with Gasteiger partial charge in [0.15, 0.2) is 9.84 Å². The van der Waals surface area contributed by atoms with Gasteiger partial charge in [-0.2, -0.15) is 0 Å². The summed E-state index contributed by atoms with van der Waals surface area (Å²) >= 11 is 0. The number of hydrogen-bond acceptors (Lipinski definition) is 2. The molecule has 3 heteroatoms. The van der Waals surface area contributed by atoms with Gasteiger partial charge < -0.3 is 0 Å². The van der Waals surface area contributed by atoms with Gasteiger partial charge >= 0.3 is 0 Å². The van der Waals surface area contributed by atoms with E-state index in [4.69, 9.17) is 0 Å². The molecule has 0 saturated heterocycles. The highest BCUT2D eigenvalue weighted by Crippen LogP contribution is 2.47. The summed E-state index contributed by atoms with van der Waals surface area (Å²) in [6, 6.07) is 0. The largest absolute Gasteiger partial charge is 0.227 e. The van der Waals surface area contributed by atoms with Crippen LogP contribution in [0.2, 0.25) is 0 Å². The summed E-state index contributed by atoms with van der Waals surface area (Å²) in [5.41, 5.74) is 2.33. The summed E-state index contributed by atoms with van der Waals surface area (Å²) in [6.45, 7) is 8.38. The Morgan fingerprint density at radius 3 is 1.56 bits per heavy atom. The van der Waals surface area contributed by atoms with Crippen molar-refractivity contribution in [1.29, 1.82) is 0 Å². The molecule has 0 aromatic rings. The van der Waals surface area contributed by atoms with Gasteiger partial charge in [-0.05, 0) is 39.5 Å². The lowest BCUT2D eigenvalue weighted by Gasteiger charge is -2.43. The van der Waals surface area contributed by atoms with E-state index in [1.54, 1.807) is 0 Å². The highest BCUT2D eigenvalue weighted by Gasteiger charge is 2.53. The summed E-state index contributed by atoms with van der Waals surface area (Å²) in [7, 11) is -3.37. The SMILES string of the molecule is CCCCC1(S(=O)(=O)C2(CCCC)C=CC=C(C)C2)C=CC=C(C)C1. The van der Waals surface area contributed by atoms with Crippen LogP contribution >= 0.6 is 0 Å². The van der Waals surface area contributed by atoms with Crippen LogP contribution in [0.4, 0.5) is 0 Å². The average Bonchev–Trinajstić information content (AvgIpc) is 2.58. The summed E-state index contributed by atoms with van der Waals surface area (Å²) in [5, 5.41) is 0. The van der Waals surface area contributed by atoms with Crippen LogP contribution in [0, 0.1) is 0 Å². The van der Waals surface area contributed by atoms with Gasteiger partial charge in [-0.3, -0.25) is 0 Å². The van der Waals surface area contributed by atoms with E-state index in [1.807, 2.05) is 24.3 Å². The molecule has 0 aliphatic heterocycles. The van der Waals surface area contributed by atoms with Crippen molar-refractivity contribution in [2.24, 2.45) is 0 Å². The van der Waals surface area contributed by atoms with Crippen molar-refractivity contribution >= 4 is 9.84 Å². The zero-order valence-corrected chi connectivity index (χ0v) is 17.2. The first-order chi connectivity index (χ1) is 11.8. The Kier molecular flexibility index (Phi) is 6.53. The number of sulfone groups is 1. The van der Waals surface area contributed by atoms with E-state index < -0.39 is 19.3 Å². The molecule has 0 saturated carbocycles. The lowest BCUT2D eigenvalue weighted by Crippen LogP contribution is -2.51. The highest BCUT2D eigenvalue weighted by molar-refractivity contribution is 7.94. The smallest absolute Gasteiger partial charge is 0.169 e. The van der Waals surface area contributed by atoms with Crippen molar-refractivity contribution in [2.75, 3.05) is 0 Å². The molecule has 0 fully saturated rings. The third-order valence-corrected chi connectivity index (χ3v) is 8.80. The molecule has 0 aromatic heterocycles. The number of unbranched alkanes of at least 4 members (excludes halogenated alkanes) is 2. The summed E-state index contributed by atoms with van der Waals surface area (Å²) < 4.78 is 26.8. The normalized spacial score (nSPS) is 29.4. The van der Waals surface area contributed by atoms with Crippen LogP contribution in [0.15, 0.2) is 47.6 Å². The zero-order chi connectivity index (χ0) is 18.6. The van der Waals surface area contributed by atoms with Crippen molar-refractivity contribution in [3.63, 3.8) is 0 Å². The van der Waals surface area contributed by atoms with E-state index in [0.29, 0.717) is 12.8 Å². The summed E-state index contributed by atoms with van der Waals surface area (Å²) in [5.74, 6) is 0. The van der Waals surface area contributed by atoms with Crippen LogP contribution in [0.1, 0.15) is 79.1 Å². The minimum Gasteiger partial charge on any atom is -0.227 e. The second kappa shape index (κ2) is 8.07. The maximum atomic E-state index is 14.1. The topological polar surface area (TPSA) is 34.1 Å². The first-order valence-corrected chi connectivity index (χ1v) is 11.2. The zero-order valence-electron chi connectivity index (χ0n) is 16.3. The summed E-state index contributed by atoms with van der Waals surface area (Å²) in [6.07, 6.45) is 18.7. The fourth-order valence-electron chi connectivity index (χ4n) is 4.29. The van der Waals surface area contributed by atoms with Crippen molar-refractivity contribution < 1.29 is 8.42 Å². The number of hydrogen-bond donors (Lipinski definition) is 0. The first-order valence-electron chi connectivity index (χ1n) is 9.77. The Hall–Kier alpha value is -1.09. The van der Waals surface area contributed by atoms with Crippen molar-refractivity contribution in [3.05, 3.63) is 47.6 Å². The Morgan fingerprint density at radius 1 is 0.840 bits per heavy atom.